The fourth-order valence-corrected chi connectivity index (χ4v) is 3.36. The number of thiocarbonyl (C=S) groups is 1. The van der Waals surface area contributed by atoms with Crippen LogP contribution < -0.4 is 10.6 Å². The van der Waals surface area contributed by atoms with Gasteiger partial charge in [0, 0.05) is 5.69 Å². The van der Waals surface area contributed by atoms with E-state index in [1.54, 1.807) is 17.6 Å². The summed E-state index contributed by atoms with van der Waals surface area (Å²) in [5.74, 6) is 0.639. The third kappa shape index (κ3) is 3.70. The highest BCUT2D eigenvalue weighted by Gasteiger charge is 2.08. The lowest BCUT2D eigenvalue weighted by Gasteiger charge is -2.10. The molecule has 0 spiro atoms. The summed E-state index contributed by atoms with van der Waals surface area (Å²) in [4.78, 5) is 5.48. The van der Waals surface area contributed by atoms with Crippen LogP contribution in [0.25, 0.3) is 21.5 Å². The highest BCUT2D eigenvalue weighted by Crippen LogP contribution is 2.23. The Hall–Kier alpha value is -2.70. The van der Waals surface area contributed by atoms with E-state index in [-0.39, 0.29) is 0 Å². The fourth-order valence-electron chi connectivity index (χ4n) is 2.51. The van der Waals surface area contributed by atoms with Crippen LogP contribution in [0.15, 0.2) is 70.7 Å². The monoisotopic (exact) mass is 365 g/mol. The van der Waals surface area contributed by atoms with Crippen molar-refractivity contribution in [3.8, 4) is 10.8 Å². The molecule has 0 fully saturated rings. The minimum atomic E-state index is 0.508. The molecule has 4 nitrogen and oxygen atoms in total. The minimum absolute atomic E-state index is 0.508. The summed E-state index contributed by atoms with van der Waals surface area (Å²) in [7, 11) is 0. The first-order chi connectivity index (χ1) is 12.3. The van der Waals surface area contributed by atoms with E-state index in [9.17, 15) is 0 Å². The van der Waals surface area contributed by atoms with E-state index in [0.717, 1.165) is 16.3 Å². The van der Waals surface area contributed by atoms with Crippen molar-refractivity contribution in [2.75, 3.05) is 5.32 Å². The quantitative estimate of drug-likeness (QED) is 0.496. The number of aromatic nitrogens is 1. The second kappa shape index (κ2) is 7.04. The number of nitrogens with zero attached hydrogens (tertiary/aromatic N) is 1. The number of rotatable bonds is 4. The number of thiophene rings is 1. The van der Waals surface area contributed by atoms with Crippen LogP contribution in [0.1, 0.15) is 5.69 Å². The van der Waals surface area contributed by atoms with Gasteiger partial charge >= 0.3 is 0 Å². The van der Waals surface area contributed by atoms with E-state index in [4.69, 9.17) is 16.6 Å². The lowest BCUT2D eigenvalue weighted by molar-refractivity contribution is 0.573. The zero-order chi connectivity index (χ0) is 17.1. The maximum Gasteiger partial charge on any atom is 0.236 e. The maximum atomic E-state index is 5.50. The molecule has 0 aliphatic rings. The van der Waals surface area contributed by atoms with E-state index >= 15 is 0 Å². The zero-order valence-electron chi connectivity index (χ0n) is 13.2. The number of benzene rings is 2. The molecule has 0 saturated heterocycles. The van der Waals surface area contributed by atoms with Crippen molar-refractivity contribution < 1.29 is 4.42 Å². The first-order valence-corrected chi connectivity index (χ1v) is 9.09. The molecule has 0 radical (unpaired) electrons. The van der Waals surface area contributed by atoms with Gasteiger partial charge in [0.2, 0.25) is 5.89 Å². The van der Waals surface area contributed by atoms with Crippen molar-refractivity contribution in [1.29, 1.82) is 0 Å². The molecule has 0 aliphatic carbocycles. The fraction of sp³-hybridized carbons (Fsp3) is 0.0526. The molecular weight excluding hydrogens is 350 g/mol. The van der Waals surface area contributed by atoms with E-state index in [0.29, 0.717) is 17.5 Å². The third-order valence-electron chi connectivity index (χ3n) is 3.72. The highest BCUT2D eigenvalue weighted by molar-refractivity contribution is 7.80. The van der Waals surface area contributed by atoms with Gasteiger partial charge in [-0.3, -0.25) is 0 Å². The third-order valence-corrected chi connectivity index (χ3v) is 4.83. The van der Waals surface area contributed by atoms with Gasteiger partial charge < -0.3 is 15.1 Å². The Kier molecular flexibility index (Phi) is 4.45. The van der Waals surface area contributed by atoms with Crippen molar-refractivity contribution in [3.05, 3.63) is 71.9 Å². The average molecular weight is 365 g/mol. The van der Waals surface area contributed by atoms with Crippen molar-refractivity contribution in [2.24, 2.45) is 0 Å². The summed E-state index contributed by atoms with van der Waals surface area (Å²) >= 11 is 6.97. The second-order valence-electron chi connectivity index (χ2n) is 5.49. The second-order valence-corrected chi connectivity index (χ2v) is 6.85. The van der Waals surface area contributed by atoms with Crippen molar-refractivity contribution in [2.45, 2.75) is 6.54 Å². The van der Waals surface area contributed by atoms with E-state index in [1.165, 1.54) is 10.8 Å². The van der Waals surface area contributed by atoms with Gasteiger partial charge in [-0.1, -0.05) is 36.4 Å². The van der Waals surface area contributed by atoms with E-state index in [2.05, 4.69) is 39.9 Å². The predicted molar refractivity (Wildman–Crippen MR) is 107 cm³/mol. The number of anilines is 1. The molecule has 4 rings (SSSR count). The molecule has 0 saturated carbocycles. The lowest BCUT2D eigenvalue weighted by Crippen LogP contribution is -2.27. The lowest BCUT2D eigenvalue weighted by atomic mass is 10.1. The first-order valence-electron chi connectivity index (χ1n) is 7.80. The van der Waals surface area contributed by atoms with Gasteiger partial charge in [0.1, 0.15) is 6.26 Å². The van der Waals surface area contributed by atoms with Crippen LogP contribution in [-0.4, -0.2) is 10.1 Å². The van der Waals surface area contributed by atoms with Crippen molar-refractivity contribution in [3.63, 3.8) is 0 Å². The smallest absolute Gasteiger partial charge is 0.236 e. The topological polar surface area (TPSA) is 50.1 Å². The summed E-state index contributed by atoms with van der Waals surface area (Å²) in [5.41, 5.74) is 1.77. The molecule has 2 aromatic carbocycles. The molecule has 0 unspecified atom stereocenters. The SMILES string of the molecule is S=C(NCc1coc(-c2cccs2)n1)Nc1ccc2ccccc2c1. The van der Waals surface area contributed by atoms with Gasteiger partial charge in [-0.05, 0) is 46.6 Å². The Labute approximate surface area is 154 Å². The van der Waals surface area contributed by atoms with Gasteiger partial charge in [-0.15, -0.1) is 11.3 Å². The van der Waals surface area contributed by atoms with Gasteiger partial charge in [0.05, 0.1) is 17.1 Å². The molecule has 6 heteroatoms. The molecule has 2 aromatic heterocycles. The number of fused-ring (bicyclic) bond motifs is 1. The molecule has 2 heterocycles. The maximum absolute atomic E-state index is 5.50. The van der Waals surface area contributed by atoms with Gasteiger partial charge in [0.25, 0.3) is 0 Å². The van der Waals surface area contributed by atoms with Crippen molar-refractivity contribution in [1.82, 2.24) is 10.3 Å². The average Bonchev–Trinajstić information content (AvgIpc) is 3.31. The van der Waals surface area contributed by atoms with Gasteiger partial charge in [-0.25, -0.2) is 4.98 Å². The highest BCUT2D eigenvalue weighted by atomic mass is 32.1. The largest absolute Gasteiger partial charge is 0.443 e. The normalized spacial score (nSPS) is 10.7. The Bertz CT molecular complexity index is 1010. The summed E-state index contributed by atoms with van der Waals surface area (Å²) in [6.45, 7) is 0.508. The molecule has 2 N–H and O–H groups in total. The summed E-state index contributed by atoms with van der Waals surface area (Å²) < 4.78 is 5.50. The molecule has 25 heavy (non-hydrogen) atoms. The van der Waals surface area contributed by atoms with Gasteiger partial charge in [0.15, 0.2) is 5.11 Å². The zero-order valence-corrected chi connectivity index (χ0v) is 14.9. The summed E-state index contributed by atoms with van der Waals surface area (Å²) in [6.07, 6.45) is 1.65. The Morgan fingerprint density at radius 3 is 2.80 bits per heavy atom. The standard InChI is InChI=1S/C19H15N3OS2/c24-19(22-15-8-7-13-4-1-2-5-14(13)10-15)20-11-16-12-23-18(21-16)17-6-3-9-25-17/h1-10,12H,11H2,(H2,20,22,24). The predicted octanol–water partition coefficient (Wildman–Crippen LogP) is 5.04. The van der Waals surface area contributed by atoms with Crippen LogP contribution in [0.2, 0.25) is 0 Å². The van der Waals surface area contributed by atoms with Crippen LogP contribution in [0.4, 0.5) is 5.69 Å². The van der Waals surface area contributed by atoms with E-state index in [1.807, 2.05) is 35.7 Å². The number of hydrogen-bond acceptors (Lipinski definition) is 4. The number of nitrogens with one attached hydrogen (secondary N) is 2. The summed E-state index contributed by atoms with van der Waals surface area (Å²) in [5, 5.41) is 11.3. The molecule has 0 bridgehead atoms. The summed E-state index contributed by atoms with van der Waals surface area (Å²) in [6, 6.07) is 18.4. The molecular formula is C19H15N3OS2. The van der Waals surface area contributed by atoms with Crippen molar-refractivity contribution >= 4 is 45.1 Å². The van der Waals surface area contributed by atoms with Crippen LogP contribution in [0.3, 0.4) is 0 Å². The first kappa shape index (κ1) is 15.8. The molecule has 0 aliphatic heterocycles. The van der Waals surface area contributed by atoms with E-state index < -0.39 is 0 Å². The molecule has 0 amide bonds. The molecule has 124 valence electrons. The van der Waals surface area contributed by atoms with Gasteiger partial charge in [-0.2, -0.15) is 0 Å². The molecule has 4 aromatic rings. The number of oxazole rings is 1. The molecule has 0 atom stereocenters. The van der Waals surface area contributed by atoms with Crippen LogP contribution >= 0.6 is 23.6 Å². The Balaban J connectivity index is 1.37. The Morgan fingerprint density at radius 2 is 1.96 bits per heavy atom. The van der Waals surface area contributed by atoms with Crippen LogP contribution in [-0.2, 0) is 6.54 Å². The Morgan fingerprint density at radius 1 is 1.08 bits per heavy atom. The minimum Gasteiger partial charge on any atom is -0.443 e. The van der Waals surface area contributed by atoms with Crippen LogP contribution in [0.5, 0.6) is 0 Å². The van der Waals surface area contributed by atoms with Crippen LogP contribution in [0, 0.1) is 0 Å². The number of hydrogen-bond donors (Lipinski definition) is 2.